The maximum absolute atomic E-state index is 12.5. The molecule has 1 aliphatic carbocycles. The molecule has 0 aliphatic heterocycles. The zero-order chi connectivity index (χ0) is 17.6. The van der Waals surface area contributed by atoms with Crippen molar-refractivity contribution in [3.63, 3.8) is 0 Å². The van der Waals surface area contributed by atoms with Crippen LogP contribution in [0.3, 0.4) is 0 Å². The van der Waals surface area contributed by atoms with Gasteiger partial charge in [0.2, 0.25) is 5.91 Å². The van der Waals surface area contributed by atoms with E-state index in [4.69, 9.17) is 4.74 Å². The van der Waals surface area contributed by atoms with Crippen LogP contribution in [0.15, 0.2) is 53.4 Å². The van der Waals surface area contributed by atoms with Gasteiger partial charge in [0.1, 0.15) is 5.75 Å². The van der Waals surface area contributed by atoms with Crippen molar-refractivity contribution >= 4 is 23.4 Å². The first-order valence-corrected chi connectivity index (χ1v) is 9.71. The summed E-state index contributed by atoms with van der Waals surface area (Å²) in [6, 6.07) is 16.5. The molecule has 1 fully saturated rings. The van der Waals surface area contributed by atoms with Gasteiger partial charge in [-0.15, -0.1) is 11.8 Å². The number of nitrogens with zero attached hydrogens (tertiary/aromatic N) is 1. The molecule has 1 aliphatic rings. The molecular weight excluding hydrogens is 332 g/mol. The van der Waals surface area contributed by atoms with Gasteiger partial charge in [0, 0.05) is 23.2 Å². The van der Waals surface area contributed by atoms with Gasteiger partial charge < -0.3 is 10.1 Å². The van der Waals surface area contributed by atoms with E-state index in [0.717, 1.165) is 22.9 Å². The molecule has 0 atom stereocenters. The van der Waals surface area contributed by atoms with E-state index in [1.807, 2.05) is 42.7 Å². The standard InChI is InChI=1S/C20H24N2O2S/c1-24-18-10-6-15(7-11-18)13-22(17-8-9-17)14-20(23)21-16-4-3-5-19(12-16)25-2/h3-7,10-12,17H,8-9,13-14H2,1-2H3,(H,21,23). The molecule has 0 bridgehead atoms. The molecule has 2 aromatic carbocycles. The number of amides is 1. The van der Waals surface area contributed by atoms with Gasteiger partial charge in [-0.25, -0.2) is 0 Å². The van der Waals surface area contributed by atoms with Gasteiger partial charge in [0.25, 0.3) is 0 Å². The molecule has 132 valence electrons. The van der Waals surface area contributed by atoms with Crippen molar-refractivity contribution in [1.82, 2.24) is 4.90 Å². The summed E-state index contributed by atoms with van der Waals surface area (Å²) in [5, 5.41) is 3.02. The van der Waals surface area contributed by atoms with Crippen molar-refractivity contribution in [2.24, 2.45) is 0 Å². The predicted molar refractivity (Wildman–Crippen MR) is 103 cm³/mol. The van der Waals surface area contributed by atoms with Gasteiger partial charge in [-0.2, -0.15) is 0 Å². The molecule has 0 aromatic heterocycles. The van der Waals surface area contributed by atoms with E-state index in [2.05, 4.69) is 22.3 Å². The van der Waals surface area contributed by atoms with Gasteiger partial charge in [-0.1, -0.05) is 18.2 Å². The summed E-state index contributed by atoms with van der Waals surface area (Å²) in [6.07, 6.45) is 4.38. The lowest BCUT2D eigenvalue weighted by atomic mass is 10.2. The number of anilines is 1. The Hall–Kier alpha value is -1.98. The largest absolute Gasteiger partial charge is 0.497 e. The van der Waals surface area contributed by atoms with Crippen molar-refractivity contribution in [3.8, 4) is 5.75 Å². The first kappa shape index (κ1) is 17.8. The zero-order valence-corrected chi connectivity index (χ0v) is 15.5. The summed E-state index contributed by atoms with van der Waals surface area (Å²) in [4.78, 5) is 15.9. The van der Waals surface area contributed by atoms with Gasteiger partial charge in [0.05, 0.1) is 13.7 Å². The number of hydrogen-bond acceptors (Lipinski definition) is 4. The lowest BCUT2D eigenvalue weighted by molar-refractivity contribution is -0.117. The molecule has 0 spiro atoms. The van der Waals surface area contributed by atoms with E-state index in [0.29, 0.717) is 12.6 Å². The smallest absolute Gasteiger partial charge is 0.238 e. The summed E-state index contributed by atoms with van der Waals surface area (Å²) < 4.78 is 5.20. The molecule has 0 unspecified atom stereocenters. The molecule has 1 amide bonds. The highest BCUT2D eigenvalue weighted by Gasteiger charge is 2.30. The Balaban J connectivity index is 1.59. The Bertz CT molecular complexity index is 714. The molecule has 4 nitrogen and oxygen atoms in total. The van der Waals surface area contributed by atoms with Gasteiger partial charge >= 0.3 is 0 Å². The minimum Gasteiger partial charge on any atom is -0.497 e. The van der Waals surface area contributed by atoms with Crippen LogP contribution in [0.5, 0.6) is 5.75 Å². The second-order valence-electron chi connectivity index (χ2n) is 6.26. The van der Waals surface area contributed by atoms with Gasteiger partial charge in [0.15, 0.2) is 0 Å². The Morgan fingerprint density at radius 1 is 1.24 bits per heavy atom. The quantitative estimate of drug-likeness (QED) is 0.726. The Kier molecular flexibility index (Phi) is 6.00. The van der Waals surface area contributed by atoms with Crippen molar-refractivity contribution in [1.29, 1.82) is 0 Å². The van der Waals surface area contributed by atoms with Gasteiger partial charge in [-0.05, 0) is 55.0 Å². The second-order valence-corrected chi connectivity index (χ2v) is 7.14. The third kappa shape index (κ3) is 5.25. The van der Waals surface area contributed by atoms with E-state index in [9.17, 15) is 4.79 Å². The van der Waals surface area contributed by atoms with Crippen molar-refractivity contribution < 1.29 is 9.53 Å². The highest BCUT2D eigenvalue weighted by Crippen LogP contribution is 2.28. The molecule has 0 radical (unpaired) electrons. The highest BCUT2D eigenvalue weighted by atomic mass is 32.2. The zero-order valence-electron chi connectivity index (χ0n) is 14.7. The van der Waals surface area contributed by atoms with Crippen LogP contribution in [-0.2, 0) is 11.3 Å². The molecule has 5 heteroatoms. The number of hydrogen-bond donors (Lipinski definition) is 1. The second kappa shape index (κ2) is 8.41. The predicted octanol–water partition coefficient (Wildman–Crippen LogP) is 4.02. The van der Waals surface area contributed by atoms with Crippen LogP contribution in [0.4, 0.5) is 5.69 Å². The number of rotatable bonds is 8. The molecule has 3 rings (SSSR count). The first-order valence-electron chi connectivity index (χ1n) is 8.49. The van der Waals surface area contributed by atoms with Crippen molar-refractivity contribution in [3.05, 3.63) is 54.1 Å². The number of carbonyl (C=O) groups excluding carboxylic acids is 1. The molecule has 1 N–H and O–H groups in total. The van der Waals surface area contributed by atoms with Crippen LogP contribution in [0.1, 0.15) is 18.4 Å². The Morgan fingerprint density at radius 3 is 2.64 bits per heavy atom. The molecule has 0 heterocycles. The average molecular weight is 356 g/mol. The van der Waals surface area contributed by atoms with Crippen LogP contribution in [0.25, 0.3) is 0 Å². The number of nitrogens with one attached hydrogen (secondary N) is 1. The normalized spacial score (nSPS) is 13.7. The number of methoxy groups -OCH3 is 1. The SMILES string of the molecule is COc1ccc(CN(CC(=O)Nc2cccc(SC)c2)C2CC2)cc1. The van der Waals surface area contributed by atoms with E-state index < -0.39 is 0 Å². The molecule has 0 saturated heterocycles. The lowest BCUT2D eigenvalue weighted by Crippen LogP contribution is -2.34. The summed E-state index contributed by atoms with van der Waals surface area (Å²) in [7, 11) is 1.67. The van der Waals surface area contributed by atoms with Crippen LogP contribution in [0, 0.1) is 0 Å². The first-order chi connectivity index (χ1) is 12.2. The maximum Gasteiger partial charge on any atom is 0.238 e. The van der Waals surface area contributed by atoms with Crippen LogP contribution >= 0.6 is 11.8 Å². The van der Waals surface area contributed by atoms with Crippen LogP contribution in [0.2, 0.25) is 0 Å². The summed E-state index contributed by atoms with van der Waals surface area (Å²) >= 11 is 1.67. The monoisotopic (exact) mass is 356 g/mol. The number of ether oxygens (including phenoxy) is 1. The fourth-order valence-corrected chi connectivity index (χ4v) is 3.26. The van der Waals surface area contributed by atoms with Crippen LogP contribution in [-0.4, -0.2) is 36.8 Å². The van der Waals surface area contributed by atoms with Crippen molar-refractivity contribution in [2.45, 2.75) is 30.3 Å². The minimum atomic E-state index is 0.0404. The fraction of sp³-hybridized carbons (Fsp3) is 0.350. The topological polar surface area (TPSA) is 41.6 Å². The number of thioether (sulfide) groups is 1. The van der Waals surface area contributed by atoms with E-state index >= 15 is 0 Å². The number of benzene rings is 2. The fourth-order valence-electron chi connectivity index (χ4n) is 2.81. The Labute approximate surface area is 153 Å². The maximum atomic E-state index is 12.5. The highest BCUT2D eigenvalue weighted by molar-refractivity contribution is 7.98. The Morgan fingerprint density at radius 2 is 2.00 bits per heavy atom. The van der Waals surface area contributed by atoms with Crippen molar-refractivity contribution in [2.75, 3.05) is 25.2 Å². The van der Waals surface area contributed by atoms with Crippen LogP contribution < -0.4 is 10.1 Å². The summed E-state index contributed by atoms with van der Waals surface area (Å²) in [5.41, 5.74) is 2.06. The lowest BCUT2D eigenvalue weighted by Gasteiger charge is -2.21. The average Bonchev–Trinajstić information content (AvgIpc) is 3.47. The molecule has 1 saturated carbocycles. The minimum absolute atomic E-state index is 0.0404. The molecule has 25 heavy (non-hydrogen) atoms. The van der Waals surface area contributed by atoms with Gasteiger partial charge in [-0.3, -0.25) is 9.69 Å². The summed E-state index contributed by atoms with van der Waals surface area (Å²) in [6.45, 7) is 1.20. The third-order valence-electron chi connectivity index (χ3n) is 4.31. The van der Waals surface area contributed by atoms with E-state index in [-0.39, 0.29) is 5.91 Å². The summed E-state index contributed by atoms with van der Waals surface area (Å²) in [5.74, 6) is 0.895. The van der Waals surface area contributed by atoms with E-state index in [1.165, 1.54) is 18.4 Å². The van der Waals surface area contributed by atoms with E-state index in [1.54, 1.807) is 18.9 Å². The molecular formula is C20H24N2O2S. The third-order valence-corrected chi connectivity index (χ3v) is 5.03. The molecule has 2 aromatic rings. The number of carbonyl (C=O) groups is 1.